The smallest absolute Gasteiger partial charge is 0.401 e. The van der Waals surface area contributed by atoms with E-state index in [1.54, 1.807) is 13.3 Å². The lowest BCUT2D eigenvalue weighted by Gasteiger charge is -2.24. The highest BCUT2D eigenvalue weighted by Gasteiger charge is 2.32. The van der Waals surface area contributed by atoms with Gasteiger partial charge in [-0.05, 0) is 57.0 Å². The standard InChI is InChI=1S/C25H32F3N7O.2ClH/c1-17(2)35-24(34-11-5-10-33(12-13-34)16-25(26,27)28)31-23(32-35)30-20-6-7-21(22(15-20)36-4)19-8-9-29-18(3)14-19;;/h6-9,14-15,17H,5,10-13,16H2,1-4H3,(H,30,32);2*1H. The van der Waals surface area contributed by atoms with Crippen LogP contribution in [0.5, 0.6) is 5.75 Å². The van der Waals surface area contributed by atoms with Crippen molar-refractivity contribution in [2.24, 2.45) is 0 Å². The molecule has 0 amide bonds. The highest BCUT2D eigenvalue weighted by molar-refractivity contribution is 5.85. The summed E-state index contributed by atoms with van der Waals surface area (Å²) in [4.78, 5) is 12.4. The monoisotopic (exact) mass is 575 g/mol. The van der Waals surface area contributed by atoms with Crippen LogP contribution in [0.25, 0.3) is 11.1 Å². The number of ether oxygens (including phenoxy) is 1. The van der Waals surface area contributed by atoms with Gasteiger partial charge in [0.15, 0.2) is 0 Å². The topological polar surface area (TPSA) is 71.3 Å². The molecule has 2 aromatic heterocycles. The maximum Gasteiger partial charge on any atom is 0.401 e. The van der Waals surface area contributed by atoms with Crippen molar-refractivity contribution in [3.8, 4) is 16.9 Å². The van der Waals surface area contributed by atoms with Gasteiger partial charge in [-0.25, -0.2) is 4.68 Å². The van der Waals surface area contributed by atoms with Gasteiger partial charge in [0.2, 0.25) is 11.9 Å². The van der Waals surface area contributed by atoms with Gasteiger partial charge in [-0.2, -0.15) is 18.2 Å². The molecule has 38 heavy (non-hydrogen) atoms. The van der Waals surface area contributed by atoms with Gasteiger partial charge >= 0.3 is 6.18 Å². The Morgan fingerprint density at radius 3 is 2.47 bits per heavy atom. The van der Waals surface area contributed by atoms with Crippen LogP contribution in [0.3, 0.4) is 0 Å². The summed E-state index contributed by atoms with van der Waals surface area (Å²) >= 11 is 0. The Morgan fingerprint density at radius 1 is 1.05 bits per heavy atom. The summed E-state index contributed by atoms with van der Waals surface area (Å²) in [6.45, 7) is 6.86. The first-order valence-corrected chi connectivity index (χ1v) is 12.0. The Morgan fingerprint density at radius 2 is 1.82 bits per heavy atom. The number of benzene rings is 1. The largest absolute Gasteiger partial charge is 0.496 e. The molecular formula is C25H34Cl2F3N7O. The molecule has 1 fully saturated rings. The van der Waals surface area contributed by atoms with Crippen LogP contribution < -0.4 is 15.0 Å². The lowest BCUT2D eigenvalue weighted by atomic mass is 10.0. The fourth-order valence-electron chi connectivity index (χ4n) is 4.36. The minimum absolute atomic E-state index is 0. The highest BCUT2D eigenvalue weighted by atomic mass is 35.5. The van der Waals surface area contributed by atoms with Crippen LogP contribution in [0.1, 0.15) is 32.0 Å². The van der Waals surface area contributed by atoms with Crippen LogP contribution in [0, 0.1) is 6.92 Å². The van der Waals surface area contributed by atoms with E-state index in [1.165, 1.54) is 4.90 Å². The summed E-state index contributed by atoms with van der Waals surface area (Å²) in [7, 11) is 1.63. The van der Waals surface area contributed by atoms with Gasteiger partial charge in [-0.1, -0.05) is 0 Å². The highest BCUT2D eigenvalue weighted by Crippen LogP contribution is 2.33. The number of aromatic nitrogens is 4. The molecule has 1 saturated heterocycles. The molecule has 0 saturated carbocycles. The number of rotatable bonds is 7. The van der Waals surface area contributed by atoms with Gasteiger partial charge in [0.1, 0.15) is 5.75 Å². The number of alkyl halides is 3. The maximum absolute atomic E-state index is 12.9. The molecule has 1 aromatic carbocycles. The molecule has 4 rings (SSSR count). The number of nitrogens with one attached hydrogen (secondary N) is 1. The summed E-state index contributed by atoms with van der Waals surface area (Å²) < 4.78 is 46.0. The first kappa shape index (κ1) is 31.5. The van der Waals surface area contributed by atoms with Gasteiger partial charge in [0.05, 0.1) is 19.7 Å². The normalized spacial score (nSPS) is 14.5. The average molecular weight is 576 g/mol. The molecule has 13 heteroatoms. The number of methoxy groups -OCH3 is 1. The molecular weight excluding hydrogens is 542 g/mol. The molecule has 1 aliphatic rings. The fourth-order valence-corrected chi connectivity index (χ4v) is 4.36. The first-order chi connectivity index (χ1) is 17.1. The van der Waals surface area contributed by atoms with E-state index in [0.29, 0.717) is 50.2 Å². The SMILES string of the molecule is COc1cc(Nc2nc(N3CCCN(CC(F)(F)F)CC3)n(C(C)C)n2)ccc1-c1ccnc(C)c1.Cl.Cl. The minimum atomic E-state index is -4.20. The van der Waals surface area contributed by atoms with E-state index in [9.17, 15) is 13.2 Å². The van der Waals surface area contributed by atoms with Crippen molar-refractivity contribution >= 4 is 42.4 Å². The Labute approximate surface area is 233 Å². The second-order valence-electron chi connectivity index (χ2n) is 9.23. The van der Waals surface area contributed by atoms with Crippen LogP contribution in [0.4, 0.5) is 30.8 Å². The van der Waals surface area contributed by atoms with Crippen molar-refractivity contribution in [2.75, 3.05) is 50.1 Å². The van der Waals surface area contributed by atoms with Crippen LogP contribution in [-0.2, 0) is 0 Å². The lowest BCUT2D eigenvalue weighted by Crippen LogP contribution is -2.37. The average Bonchev–Trinajstić information content (AvgIpc) is 3.10. The molecule has 0 bridgehead atoms. The van der Waals surface area contributed by atoms with Gasteiger partial charge in [0, 0.05) is 55.4 Å². The predicted octanol–water partition coefficient (Wildman–Crippen LogP) is 5.90. The fraction of sp³-hybridized carbons (Fsp3) is 0.480. The van der Waals surface area contributed by atoms with Crippen LogP contribution in [0.2, 0.25) is 0 Å². The van der Waals surface area contributed by atoms with Crippen molar-refractivity contribution in [1.82, 2.24) is 24.6 Å². The summed E-state index contributed by atoms with van der Waals surface area (Å²) in [5, 5.41) is 7.90. The van der Waals surface area contributed by atoms with Gasteiger partial charge in [-0.3, -0.25) is 9.88 Å². The second kappa shape index (κ2) is 13.3. The molecule has 0 unspecified atom stereocenters. The van der Waals surface area contributed by atoms with Crippen molar-refractivity contribution in [2.45, 2.75) is 39.4 Å². The van der Waals surface area contributed by atoms with E-state index < -0.39 is 12.7 Å². The lowest BCUT2D eigenvalue weighted by molar-refractivity contribution is -0.145. The molecule has 210 valence electrons. The molecule has 3 aromatic rings. The molecule has 0 atom stereocenters. The third-order valence-electron chi connectivity index (χ3n) is 6.04. The summed E-state index contributed by atoms with van der Waals surface area (Å²) in [5.74, 6) is 1.77. The number of nitrogens with zero attached hydrogens (tertiary/aromatic N) is 6. The van der Waals surface area contributed by atoms with Crippen molar-refractivity contribution in [3.05, 3.63) is 42.2 Å². The minimum Gasteiger partial charge on any atom is -0.496 e. The number of anilines is 3. The molecule has 3 heterocycles. The van der Waals surface area contributed by atoms with Gasteiger partial charge < -0.3 is 15.0 Å². The number of halogens is 5. The summed E-state index contributed by atoms with van der Waals surface area (Å²) in [6, 6.07) is 9.77. The van der Waals surface area contributed by atoms with Crippen LogP contribution in [0.15, 0.2) is 36.5 Å². The third kappa shape index (κ3) is 7.87. The Hall–Kier alpha value is -2.76. The van der Waals surface area contributed by atoms with E-state index >= 15 is 0 Å². The number of aryl methyl sites for hydroxylation is 1. The number of hydrogen-bond donors (Lipinski definition) is 1. The molecule has 1 N–H and O–H groups in total. The summed E-state index contributed by atoms with van der Waals surface area (Å²) in [5.41, 5.74) is 3.64. The number of pyridine rings is 1. The Balaban J connectivity index is 0.00000253. The van der Waals surface area contributed by atoms with Gasteiger partial charge in [-0.15, -0.1) is 29.9 Å². The van der Waals surface area contributed by atoms with E-state index in [4.69, 9.17) is 9.72 Å². The summed E-state index contributed by atoms with van der Waals surface area (Å²) in [6.07, 6.45) is -1.81. The van der Waals surface area contributed by atoms with E-state index in [2.05, 4.69) is 15.4 Å². The van der Waals surface area contributed by atoms with E-state index in [-0.39, 0.29) is 30.9 Å². The van der Waals surface area contributed by atoms with Crippen molar-refractivity contribution in [1.29, 1.82) is 0 Å². The predicted molar refractivity (Wildman–Crippen MR) is 148 cm³/mol. The maximum atomic E-state index is 12.9. The van der Waals surface area contributed by atoms with E-state index in [1.807, 2.05) is 60.7 Å². The molecule has 0 radical (unpaired) electrons. The Bertz CT molecular complexity index is 1190. The Kier molecular flexibility index (Phi) is 11.0. The zero-order chi connectivity index (χ0) is 25.9. The quantitative estimate of drug-likeness (QED) is 0.376. The molecule has 0 aliphatic carbocycles. The zero-order valence-corrected chi connectivity index (χ0v) is 23.5. The number of hydrogen-bond acceptors (Lipinski definition) is 7. The molecule has 8 nitrogen and oxygen atoms in total. The van der Waals surface area contributed by atoms with Crippen molar-refractivity contribution in [3.63, 3.8) is 0 Å². The first-order valence-electron chi connectivity index (χ1n) is 12.0. The van der Waals surface area contributed by atoms with Crippen LogP contribution >= 0.6 is 24.8 Å². The molecule has 1 aliphatic heterocycles. The van der Waals surface area contributed by atoms with Gasteiger partial charge in [0.25, 0.3) is 0 Å². The van der Waals surface area contributed by atoms with E-state index in [0.717, 1.165) is 22.5 Å². The molecule has 0 spiro atoms. The van der Waals surface area contributed by atoms with Crippen LogP contribution in [-0.4, -0.2) is 70.7 Å². The second-order valence-corrected chi connectivity index (χ2v) is 9.23. The van der Waals surface area contributed by atoms with Crippen molar-refractivity contribution < 1.29 is 17.9 Å². The zero-order valence-electron chi connectivity index (χ0n) is 21.8. The third-order valence-corrected chi connectivity index (χ3v) is 6.04.